The standard InChI is InChI=1S/C22H24N2O2S/c1-4-26-19-10-8-17(9-11-19)21(25)23-13-12-20-16(3)24-22(27-20)18-7-5-6-15(2)14-18/h5-11,14H,4,12-13H2,1-3H3,(H,23,25). The molecule has 4 nitrogen and oxygen atoms in total. The Morgan fingerprint density at radius 3 is 2.63 bits per heavy atom. The average Bonchev–Trinajstić information content (AvgIpc) is 3.03. The molecule has 0 aliphatic carbocycles. The molecule has 0 saturated heterocycles. The third kappa shape index (κ3) is 4.95. The summed E-state index contributed by atoms with van der Waals surface area (Å²) < 4.78 is 5.40. The van der Waals surface area contributed by atoms with Crippen molar-refractivity contribution in [2.75, 3.05) is 13.2 Å². The van der Waals surface area contributed by atoms with Gasteiger partial charge in [0.2, 0.25) is 0 Å². The fraction of sp³-hybridized carbons (Fsp3) is 0.273. The molecule has 0 spiro atoms. The van der Waals surface area contributed by atoms with Crippen molar-refractivity contribution in [3.63, 3.8) is 0 Å². The van der Waals surface area contributed by atoms with Crippen LogP contribution in [0.2, 0.25) is 0 Å². The Morgan fingerprint density at radius 2 is 1.93 bits per heavy atom. The summed E-state index contributed by atoms with van der Waals surface area (Å²) in [5.41, 5.74) is 4.05. The predicted molar refractivity (Wildman–Crippen MR) is 111 cm³/mol. The number of carbonyl (C=O) groups excluding carboxylic acids is 1. The molecule has 0 aliphatic rings. The maximum atomic E-state index is 12.3. The van der Waals surface area contributed by atoms with Crippen molar-refractivity contribution < 1.29 is 9.53 Å². The second-order valence-electron chi connectivity index (χ2n) is 6.36. The number of nitrogens with zero attached hydrogens (tertiary/aromatic N) is 1. The first-order valence-corrected chi connectivity index (χ1v) is 9.93. The van der Waals surface area contributed by atoms with Crippen LogP contribution in [0.25, 0.3) is 10.6 Å². The molecule has 140 valence electrons. The first-order valence-electron chi connectivity index (χ1n) is 9.11. The fourth-order valence-corrected chi connectivity index (χ4v) is 3.88. The lowest BCUT2D eigenvalue weighted by Gasteiger charge is -2.06. The van der Waals surface area contributed by atoms with Gasteiger partial charge in [-0.3, -0.25) is 4.79 Å². The molecule has 5 heteroatoms. The van der Waals surface area contributed by atoms with E-state index >= 15 is 0 Å². The van der Waals surface area contributed by atoms with Crippen LogP contribution >= 0.6 is 11.3 Å². The quantitative estimate of drug-likeness (QED) is 0.641. The van der Waals surface area contributed by atoms with Gasteiger partial charge >= 0.3 is 0 Å². The summed E-state index contributed by atoms with van der Waals surface area (Å²) in [5.74, 6) is 0.706. The van der Waals surface area contributed by atoms with E-state index in [1.165, 1.54) is 10.4 Å². The molecular weight excluding hydrogens is 356 g/mol. The van der Waals surface area contributed by atoms with E-state index in [-0.39, 0.29) is 5.91 Å². The van der Waals surface area contributed by atoms with Crippen molar-refractivity contribution in [3.8, 4) is 16.3 Å². The first-order chi connectivity index (χ1) is 13.1. The van der Waals surface area contributed by atoms with Crippen LogP contribution in [-0.4, -0.2) is 24.0 Å². The maximum absolute atomic E-state index is 12.3. The van der Waals surface area contributed by atoms with Crippen molar-refractivity contribution in [2.24, 2.45) is 0 Å². The van der Waals surface area contributed by atoms with E-state index in [0.29, 0.717) is 18.7 Å². The minimum absolute atomic E-state index is 0.0703. The van der Waals surface area contributed by atoms with Crippen molar-refractivity contribution >= 4 is 17.2 Å². The van der Waals surface area contributed by atoms with Crippen LogP contribution in [0.3, 0.4) is 0 Å². The number of carbonyl (C=O) groups is 1. The minimum Gasteiger partial charge on any atom is -0.494 e. The van der Waals surface area contributed by atoms with Gasteiger partial charge in [0.15, 0.2) is 0 Å². The van der Waals surface area contributed by atoms with Gasteiger partial charge in [0.05, 0.1) is 12.3 Å². The number of thiazole rings is 1. The Bertz CT molecular complexity index is 916. The largest absolute Gasteiger partial charge is 0.494 e. The number of aryl methyl sites for hydroxylation is 2. The zero-order valence-electron chi connectivity index (χ0n) is 15.9. The molecule has 1 N–H and O–H groups in total. The molecule has 27 heavy (non-hydrogen) atoms. The van der Waals surface area contributed by atoms with Crippen LogP contribution < -0.4 is 10.1 Å². The molecular formula is C22H24N2O2S. The van der Waals surface area contributed by atoms with E-state index in [0.717, 1.165) is 28.4 Å². The molecule has 0 unspecified atom stereocenters. The average molecular weight is 381 g/mol. The summed E-state index contributed by atoms with van der Waals surface area (Å²) in [6.07, 6.45) is 0.776. The van der Waals surface area contributed by atoms with Gasteiger partial charge in [0.25, 0.3) is 5.91 Å². The second-order valence-corrected chi connectivity index (χ2v) is 7.44. The van der Waals surface area contributed by atoms with E-state index in [1.54, 1.807) is 23.5 Å². The molecule has 0 fully saturated rings. The van der Waals surface area contributed by atoms with Gasteiger partial charge in [-0.15, -0.1) is 11.3 Å². The molecule has 1 heterocycles. The highest BCUT2D eigenvalue weighted by atomic mass is 32.1. The van der Waals surface area contributed by atoms with Crippen LogP contribution in [0.1, 0.15) is 33.4 Å². The number of aromatic nitrogens is 1. The third-order valence-electron chi connectivity index (χ3n) is 4.22. The van der Waals surface area contributed by atoms with Crippen molar-refractivity contribution in [2.45, 2.75) is 27.2 Å². The molecule has 1 aromatic heterocycles. The molecule has 3 rings (SSSR count). The van der Waals surface area contributed by atoms with Crippen molar-refractivity contribution in [3.05, 3.63) is 70.2 Å². The van der Waals surface area contributed by atoms with E-state index in [2.05, 4.69) is 36.5 Å². The summed E-state index contributed by atoms with van der Waals surface area (Å²) in [7, 11) is 0. The maximum Gasteiger partial charge on any atom is 0.251 e. The summed E-state index contributed by atoms with van der Waals surface area (Å²) in [6, 6.07) is 15.6. The number of hydrogen-bond donors (Lipinski definition) is 1. The number of nitrogens with one attached hydrogen (secondary N) is 1. The lowest BCUT2D eigenvalue weighted by molar-refractivity contribution is 0.0954. The topological polar surface area (TPSA) is 51.2 Å². The lowest BCUT2D eigenvalue weighted by atomic mass is 10.1. The third-order valence-corrected chi connectivity index (χ3v) is 5.49. The van der Waals surface area contributed by atoms with E-state index in [4.69, 9.17) is 9.72 Å². The highest BCUT2D eigenvalue weighted by Gasteiger charge is 2.11. The number of rotatable bonds is 7. The van der Waals surface area contributed by atoms with Crippen molar-refractivity contribution in [1.29, 1.82) is 0 Å². The Balaban J connectivity index is 1.58. The normalized spacial score (nSPS) is 10.6. The molecule has 0 radical (unpaired) electrons. The zero-order valence-corrected chi connectivity index (χ0v) is 16.7. The fourth-order valence-electron chi connectivity index (χ4n) is 2.82. The molecule has 0 saturated carbocycles. The van der Waals surface area contributed by atoms with E-state index in [9.17, 15) is 4.79 Å². The van der Waals surface area contributed by atoms with Crippen LogP contribution in [0.4, 0.5) is 0 Å². The zero-order chi connectivity index (χ0) is 19.2. The molecule has 0 bridgehead atoms. The van der Waals surface area contributed by atoms with Gasteiger partial charge in [-0.05, 0) is 51.1 Å². The van der Waals surface area contributed by atoms with Gasteiger partial charge in [-0.1, -0.05) is 23.8 Å². The smallest absolute Gasteiger partial charge is 0.251 e. The summed E-state index contributed by atoms with van der Waals surface area (Å²) in [6.45, 7) is 7.25. The lowest BCUT2D eigenvalue weighted by Crippen LogP contribution is -2.25. The van der Waals surface area contributed by atoms with Gasteiger partial charge in [-0.2, -0.15) is 0 Å². The van der Waals surface area contributed by atoms with Crippen LogP contribution in [0.5, 0.6) is 5.75 Å². The van der Waals surface area contributed by atoms with Crippen molar-refractivity contribution in [1.82, 2.24) is 10.3 Å². The Morgan fingerprint density at radius 1 is 1.15 bits per heavy atom. The monoisotopic (exact) mass is 380 g/mol. The SMILES string of the molecule is CCOc1ccc(C(=O)NCCc2sc(-c3cccc(C)c3)nc2C)cc1. The molecule has 0 aliphatic heterocycles. The summed E-state index contributed by atoms with van der Waals surface area (Å²) in [5, 5.41) is 4.01. The minimum atomic E-state index is -0.0703. The number of benzene rings is 2. The van der Waals surface area contributed by atoms with Gasteiger partial charge < -0.3 is 10.1 Å². The summed E-state index contributed by atoms with van der Waals surface area (Å²) in [4.78, 5) is 18.2. The Kier molecular flexibility index (Phi) is 6.24. The van der Waals surface area contributed by atoms with Crippen LogP contribution in [0.15, 0.2) is 48.5 Å². The Labute approximate surface area is 164 Å². The number of amides is 1. The van der Waals surface area contributed by atoms with Gasteiger partial charge in [-0.25, -0.2) is 4.98 Å². The van der Waals surface area contributed by atoms with Crippen LogP contribution in [0, 0.1) is 13.8 Å². The second kappa shape index (κ2) is 8.82. The highest BCUT2D eigenvalue weighted by molar-refractivity contribution is 7.15. The molecule has 0 atom stereocenters. The number of ether oxygens (including phenoxy) is 1. The Hall–Kier alpha value is -2.66. The molecule has 3 aromatic rings. The number of hydrogen-bond acceptors (Lipinski definition) is 4. The highest BCUT2D eigenvalue weighted by Crippen LogP contribution is 2.28. The van der Waals surface area contributed by atoms with E-state index in [1.807, 2.05) is 26.0 Å². The van der Waals surface area contributed by atoms with E-state index < -0.39 is 0 Å². The molecule has 1 amide bonds. The van der Waals surface area contributed by atoms with Gasteiger partial charge in [0.1, 0.15) is 10.8 Å². The van der Waals surface area contributed by atoms with Crippen LogP contribution in [-0.2, 0) is 6.42 Å². The predicted octanol–water partition coefficient (Wildman–Crippen LogP) is 4.80. The molecule has 2 aromatic carbocycles. The first kappa shape index (κ1) is 19.1. The summed E-state index contributed by atoms with van der Waals surface area (Å²) >= 11 is 1.70. The van der Waals surface area contributed by atoms with Gasteiger partial charge in [0, 0.05) is 29.0 Å².